The molecule has 2 saturated carbocycles. The van der Waals surface area contributed by atoms with Crippen molar-refractivity contribution in [2.75, 3.05) is 6.61 Å². The molecular weight excluding hydrogens is 336 g/mol. The Morgan fingerprint density at radius 1 is 1.19 bits per heavy atom. The Labute approximate surface area is 163 Å². The van der Waals surface area contributed by atoms with Crippen molar-refractivity contribution < 1.29 is 9.53 Å². The molecule has 2 rings (SSSR count). The summed E-state index contributed by atoms with van der Waals surface area (Å²) in [5, 5.41) is 10.1. The van der Waals surface area contributed by atoms with Gasteiger partial charge in [0.1, 0.15) is 0 Å². The summed E-state index contributed by atoms with van der Waals surface area (Å²) >= 11 is 0. The maximum atomic E-state index is 10.1. The van der Waals surface area contributed by atoms with Crippen LogP contribution in [0.3, 0.4) is 0 Å². The van der Waals surface area contributed by atoms with Crippen molar-refractivity contribution in [2.24, 2.45) is 22.7 Å². The Bertz CT molecular complexity index is 504. The fourth-order valence-electron chi connectivity index (χ4n) is 6.39. The number of aliphatic hydroxyl groups excluding tert-OH is 1. The van der Waals surface area contributed by atoms with Crippen LogP contribution >= 0.6 is 0 Å². The standard InChI is InChI=1S/C23H42O2Si/c1-8-15-23(7)20-13-12-18(5)19(17-24)22(20,6)16-14-21(23)25-26(9-2,10-3)11-4/h8,19-21,24H,1,5,9-17H2,2-4,6-7H3/t19-,20+,21+,22+,23-/m0/s1. The summed E-state index contributed by atoms with van der Waals surface area (Å²) in [7, 11) is -1.64. The smallest absolute Gasteiger partial charge is 0.192 e. The van der Waals surface area contributed by atoms with Gasteiger partial charge in [-0.05, 0) is 67.0 Å². The Kier molecular flexibility index (Phi) is 7.01. The molecule has 5 atom stereocenters. The second-order valence-corrected chi connectivity index (χ2v) is 14.1. The van der Waals surface area contributed by atoms with Gasteiger partial charge in [0.15, 0.2) is 8.32 Å². The van der Waals surface area contributed by atoms with E-state index in [2.05, 4.69) is 53.9 Å². The summed E-state index contributed by atoms with van der Waals surface area (Å²) in [6, 6.07) is 3.62. The lowest BCUT2D eigenvalue weighted by Gasteiger charge is -2.61. The number of rotatable bonds is 8. The van der Waals surface area contributed by atoms with Crippen LogP contribution < -0.4 is 0 Å². The molecule has 0 aliphatic heterocycles. The second-order valence-electron chi connectivity index (χ2n) is 9.38. The van der Waals surface area contributed by atoms with E-state index in [-0.39, 0.29) is 23.4 Å². The number of hydrogen-bond acceptors (Lipinski definition) is 2. The fourth-order valence-corrected chi connectivity index (χ4v) is 9.38. The van der Waals surface area contributed by atoms with Gasteiger partial charge in [-0.3, -0.25) is 0 Å². The van der Waals surface area contributed by atoms with E-state index in [9.17, 15) is 5.11 Å². The van der Waals surface area contributed by atoms with Gasteiger partial charge in [0, 0.05) is 5.92 Å². The van der Waals surface area contributed by atoms with Crippen LogP contribution in [0.15, 0.2) is 24.8 Å². The lowest BCUT2D eigenvalue weighted by molar-refractivity contribution is -0.131. The van der Waals surface area contributed by atoms with E-state index in [1.165, 1.54) is 30.1 Å². The van der Waals surface area contributed by atoms with Crippen molar-refractivity contribution in [2.45, 2.75) is 91.0 Å². The van der Waals surface area contributed by atoms with Gasteiger partial charge in [-0.15, -0.1) is 6.58 Å². The van der Waals surface area contributed by atoms with E-state index in [0.29, 0.717) is 12.0 Å². The summed E-state index contributed by atoms with van der Waals surface area (Å²) in [6.45, 7) is 20.5. The minimum Gasteiger partial charge on any atom is -0.413 e. The molecule has 0 radical (unpaired) electrons. The van der Waals surface area contributed by atoms with Crippen LogP contribution in [0, 0.1) is 22.7 Å². The maximum Gasteiger partial charge on any atom is 0.192 e. The zero-order valence-electron chi connectivity index (χ0n) is 17.9. The highest BCUT2D eigenvalue weighted by Crippen LogP contribution is 2.62. The monoisotopic (exact) mass is 378 g/mol. The summed E-state index contributed by atoms with van der Waals surface area (Å²) < 4.78 is 7.09. The molecule has 150 valence electrons. The summed E-state index contributed by atoms with van der Waals surface area (Å²) in [5.74, 6) is 0.795. The number of allylic oxidation sites excluding steroid dienone is 1. The highest BCUT2D eigenvalue weighted by molar-refractivity contribution is 6.73. The third-order valence-electron chi connectivity index (χ3n) is 8.41. The van der Waals surface area contributed by atoms with Gasteiger partial charge in [-0.25, -0.2) is 0 Å². The van der Waals surface area contributed by atoms with Crippen LogP contribution in [-0.2, 0) is 4.43 Å². The molecule has 0 aromatic rings. The van der Waals surface area contributed by atoms with E-state index < -0.39 is 8.32 Å². The first kappa shape index (κ1) is 21.9. The molecule has 0 saturated heterocycles. The van der Waals surface area contributed by atoms with Gasteiger partial charge in [0.05, 0.1) is 12.7 Å². The van der Waals surface area contributed by atoms with Crippen LogP contribution in [0.4, 0.5) is 0 Å². The molecule has 0 amide bonds. The molecule has 26 heavy (non-hydrogen) atoms. The van der Waals surface area contributed by atoms with Crippen molar-refractivity contribution >= 4 is 8.32 Å². The van der Waals surface area contributed by atoms with Gasteiger partial charge in [-0.1, -0.05) is 52.8 Å². The summed E-state index contributed by atoms with van der Waals surface area (Å²) in [5.41, 5.74) is 1.50. The first-order chi connectivity index (χ1) is 12.3. The van der Waals surface area contributed by atoms with Gasteiger partial charge in [0.2, 0.25) is 0 Å². The van der Waals surface area contributed by atoms with E-state index in [1.54, 1.807) is 0 Å². The predicted molar refractivity (Wildman–Crippen MR) is 115 cm³/mol. The topological polar surface area (TPSA) is 29.5 Å². The van der Waals surface area contributed by atoms with E-state index in [4.69, 9.17) is 4.43 Å². The second kappa shape index (κ2) is 8.32. The largest absolute Gasteiger partial charge is 0.413 e. The molecule has 0 spiro atoms. The summed E-state index contributed by atoms with van der Waals surface area (Å²) in [6.07, 6.45) is 7.90. The molecule has 0 bridgehead atoms. The molecule has 2 fully saturated rings. The molecule has 0 heterocycles. The van der Waals surface area contributed by atoms with Gasteiger partial charge in [-0.2, -0.15) is 0 Å². The Balaban J connectivity index is 2.40. The van der Waals surface area contributed by atoms with Crippen molar-refractivity contribution in [3.05, 3.63) is 24.8 Å². The highest BCUT2D eigenvalue weighted by atomic mass is 28.4. The van der Waals surface area contributed by atoms with Crippen molar-refractivity contribution in [1.82, 2.24) is 0 Å². The first-order valence-electron chi connectivity index (χ1n) is 10.8. The fraction of sp³-hybridized carbons (Fsp3) is 0.826. The van der Waals surface area contributed by atoms with Crippen molar-refractivity contribution in [1.29, 1.82) is 0 Å². The van der Waals surface area contributed by atoms with Crippen LogP contribution in [0.2, 0.25) is 18.1 Å². The highest BCUT2D eigenvalue weighted by Gasteiger charge is 2.58. The van der Waals surface area contributed by atoms with Crippen molar-refractivity contribution in [3.63, 3.8) is 0 Å². The number of fused-ring (bicyclic) bond motifs is 1. The molecular formula is C23H42O2Si. The van der Waals surface area contributed by atoms with Crippen LogP contribution in [0.1, 0.15) is 66.7 Å². The normalized spacial score (nSPS) is 38.1. The molecule has 3 heteroatoms. The van der Waals surface area contributed by atoms with E-state index in [0.717, 1.165) is 25.7 Å². The van der Waals surface area contributed by atoms with Crippen LogP contribution in [0.5, 0.6) is 0 Å². The molecule has 2 nitrogen and oxygen atoms in total. The molecule has 0 aromatic heterocycles. The molecule has 1 N–H and O–H groups in total. The lowest BCUT2D eigenvalue weighted by Crippen LogP contribution is -2.59. The zero-order valence-corrected chi connectivity index (χ0v) is 18.9. The predicted octanol–water partition coefficient (Wildman–Crippen LogP) is 6.33. The third-order valence-corrected chi connectivity index (χ3v) is 13.1. The van der Waals surface area contributed by atoms with Gasteiger partial charge < -0.3 is 9.53 Å². The lowest BCUT2D eigenvalue weighted by atomic mass is 9.46. The van der Waals surface area contributed by atoms with Crippen molar-refractivity contribution in [3.8, 4) is 0 Å². The number of aliphatic hydroxyl groups is 1. The quantitative estimate of drug-likeness (QED) is 0.395. The Morgan fingerprint density at radius 2 is 1.81 bits per heavy atom. The first-order valence-corrected chi connectivity index (χ1v) is 13.4. The Morgan fingerprint density at radius 3 is 2.31 bits per heavy atom. The molecule has 2 aliphatic carbocycles. The summed E-state index contributed by atoms with van der Waals surface area (Å²) in [4.78, 5) is 0. The van der Waals surface area contributed by atoms with Gasteiger partial charge in [0.25, 0.3) is 0 Å². The molecule has 0 aromatic carbocycles. The molecule has 0 unspecified atom stereocenters. The van der Waals surface area contributed by atoms with E-state index in [1.807, 2.05) is 0 Å². The number of hydrogen-bond donors (Lipinski definition) is 1. The third kappa shape index (κ3) is 3.52. The van der Waals surface area contributed by atoms with Crippen LogP contribution in [0.25, 0.3) is 0 Å². The maximum absolute atomic E-state index is 10.1. The van der Waals surface area contributed by atoms with Gasteiger partial charge >= 0.3 is 0 Å². The average Bonchev–Trinajstić information content (AvgIpc) is 2.62. The Hall–Kier alpha value is -0.383. The SMILES string of the molecule is C=CC[C@@]1(C)[C@@H]2CCC(=C)[C@H](CO)[C@@]2(C)CC[C@H]1O[Si](CC)(CC)CC. The molecule has 2 aliphatic rings. The van der Waals surface area contributed by atoms with E-state index >= 15 is 0 Å². The zero-order chi connectivity index (χ0) is 19.6. The van der Waals surface area contributed by atoms with Crippen LogP contribution in [-0.4, -0.2) is 26.1 Å². The minimum atomic E-state index is -1.64. The average molecular weight is 379 g/mol. The minimum absolute atomic E-state index is 0.112.